The lowest BCUT2D eigenvalue weighted by atomic mass is 10.1. The maximum Gasteiger partial charge on any atom is 0.238 e. The van der Waals surface area contributed by atoms with Crippen LogP contribution in [-0.4, -0.2) is 13.4 Å². The number of nitrogens with two attached hydrogens (primary N) is 1. The number of hydrogen-bond acceptors (Lipinski definition) is 4. The van der Waals surface area contributed by atoms with E-state index in [1.807, 2.05) is 19.9 Å². The number of primary sulfonamides is 1. The Morgan fingerprint density at radius 2 is 1.95 bits per heavy atom. The number of nitrogens with one attached hydrogen (secondary N) is 1. The van der Waals surface area contributed by atoms with Gasteiger partial charge in [-0.25, -0.2) is 13.6 Å². The zero-order valence-corrected chi connectivity index (χ0v) is 12.2. The van der Waals surface area contributed by atoms with Crippen molar-refractivity contribution in [3.8, 4) is 0 Å². The molecule has 1 aromatic carbocycles. The van der Waals surface area contributed by atoms with Crippen LogP contribution in [0.2, 0.25) is 0 Å². The van der Waals surface area contributed by atoms with Gasteiger partial charge in [0.1, 0.15) is 0 Å². The molecule has 0 bridgehead atoms. The van der Waals surface area contributed by atoms with Crippen LogP contribution in [0, 0.1) is 13.8 Å². The lowest BCUT2D eigenvalue weighted by Crippen LogP contribution is -2.13. The molecule has 0 aliphatic rings. The minimum atomic E-state index is -3.69. The van der Waals surface area contributed by atoms with Gasteiger partial charge in [0.15, 0.2) is 0 Å². The highest BCUT2D eigenvalue weighted by atomic mass is 32.2. The van der Waals surface area contributed by atoms with Crippen molar-refractivity contribution in [1.29, 1.82) is 0 Å². The summed E-state index contributed by atoms with van der Waals surface area (Å²) in [5, 5.41) is 8.36. The smallest absolute Gasteiger partial charge is 0.238 e. The van der Waals surface area contributed by atoms with E-state index in [-0.39, 0.29) is 4.90 Å². The molecule has 0 aliphatic carbocycles. The van der Waals surface area contributed by atoms with Crippen molar-refractivity contribution in [3.63, 3.8) is 0 Å². The fraction of sp³-hybridized carbons (Fsp3) is 0.214. The average Bonchev–Trinajstić information content (AvgIpc) is 2.38. The first-order valence-corrected chi connectivity index (χ1v) is 7.69. The van der Waals surface area contributed by atoms with Crippen LogP contribution in [0.1, 0.15) is 16.7 Å². The van der Waals surface area contributed by atoms with Crippen LogP contribution in [-0.2, 0) is 16.6 Å². The number of rotatable bonds is 4. The molecule has 0 radical (unpaired) electrons. The van der Waals surface area contributed by atoms with Crippen molar-refractivity contribution in [1.82, 2.24) is 4.98 Å². The van der Waals surface area contributed by atoms with E-state index in [0.717, 1.165) is 22.4 Å². The number of nitrogens with zero attached hydrogens (tertiary/aromatic N) is 1. The normalized spacial score (nSPS) is 11.3. The number of aryl methyl sites for hydroxylation is 2. The van der Waals surface area contributed by atoms with E-state index in [9.17, 15) is 8.42 Å². The van der Waals surface area contributed by atoms with E-state index in [1.165, 1.54) is 6.07 Å². The summed E-state index contributed by atoms with van der Waals surface area (Å²) >= 11 is 0. The van der Waals surface area contributed by atoms with Crippen LogP contribution in [0.5, 0.6) is 0 Å². The first-order valence-electron chi connectivity index (χ1n) is 6.15. The summed E-state index contributed by atoms with van der Waals surface area (Å²) in [6.07, 6.45) is 3.53. The highest BCUT2D eigenvalue weighted by Gasteiger charge is 2.10. The molecule has 3 N–H and O–H groups in total. The third-order valence-electron chi connectivity index (χ3n) is 3.15. The van der Waals surface area contributed by atoms with Crippen molar-refractivity contribution in [2.75, 3.05) is 5.32 Å². The van der Waals surface area contributed by atoms with E-state index >= 15 is 0 Å². The summed E-state index contributed by atoms with van der Waals surface area (Å²) in [4.78, 5) is 4.19. The number of anilines is 1. The van der Waals surface area contributed by atoms with Crippen LogP contribution in [0.15, 0.2) is 41.6 Å². The van der Waals surface area contributed by atoms with E-state index in [0.29, 0.717) is 6.54 Å². The quantitative estimate of drug-likeness (QED) is 0.901. The summed E-state index contributed by atoms with van der Waals surface area (Å²) in [6, 6.07) is 6.73. The van der Waals surface area contributed by atoms with Crippen LogP contribution in [0.4, 0.5) is 5.69 Å². The standard InChI is InChI=1S/C14H17N3O2S/c1-10-5-6-16-8-12(10)9-17-14-7-13(20(15,18)19)4-3-11(14)2/h3-8,17H,9H2,1-2H3,(H2,15,18,19). The Labute approximate surface area is 118 Å². The second kappa shape index (κ2) is 5.60. The molecule has 0 fully saturated rings. The van der Waals surface area contributed by atoms with E-state index in [1.54, 1.807) is 24.5 Å². The molecule has 6 heteroatoms. The molecule has 0 saturated carbocycles. The van der Waals surface area contributed by atoms with Gasteiger partial charge >= 0.3 is 0 Å². The Morgan fingerprint density at radius 3 is 2.60 bits per heavy atom. The lowest BCUT2D eigenvalue weighted by Gasteiger charge is -2.12. The molecule has 2 rings (SSSR count). The maximum atomic E-state index is 11.4. The molecule has 0 amide bonds. The molecule has 2 aromatic rings. The molecular weight excluding hydrogens is 274 g/mol. The molecule has 1 aromatic heterocycles. The third-order valence-corrected chi connectivity index (χ3v) is 4.07. The summed E-state index contributed by atoms with van der Waals surface area (Å²) in [6.45, 7) is 4.49. The van der Waals surface area contributed by atoms with Crippen molar-refractivity contribution in [2.24, 2.45) is 5.14 Å². The van der Waals surface area contributed by atoms with Gasteiger partial charge in [-0.05, 0) is 48.7 Å². The fourth-order valence-electron chi connectivity index (χ4n) is 1.84. The van der Waals surface area contributed by atoms with Gasteiger partial charge in [-0.2, -0.15) is 0 Å². The van der Waals surface area contributed by atoms with E-state index in [2.05, 4.69) is 10.3 Å². The maximum absolute atomic E-state index is 11.4. The monoisotopic (exact) mass is 291 g/mol. The highest BCUT2D eigenvalue weighted by Crippen LogP contribution is 2.20. The molecule has 0 aliphatic heterocycles. The van der Waals surface area contributed by atoms with Crippen LogP contribution in [0.3, 0.4) is 0 Å². The number of hydrogen-bond donors (Lipinski definition) is 2. The summed E-state index contributed by atoms with van der Waals surface area (Å²) < 4.78 is 22.7. The third kappa shape index (κ3) is 3.34. The first kappa shape index (κ1) is 14.5. The summed E-state index contributed by atoms with van der Waals surface area (Å²) in [7, 11) is -3.69. The molecule has 0 unspecified atom stereocenters. The second-order valence-electron chi connectivity index (χ2n) is 4.68. The second-order valence-corrected chi connectivity index (χ2v) is 6.24. The average molecular weight is 291 g/mol. The number of sulfonamides is 1. The fourth-order valence-corrected chi connectivity index (χ4v) is 2.38. The zero-order valence-electron chi connectivity index (χ0n) is 11.4. The van der Waals surface area contributed by atoms with Gasteiger partial charge in [0.25, 0.3) is 0 Å². The zero-order chi connectivity index (χ0) is 14.8. The predicted molar refractivity (Wildman–Crippen MR) is 78.9 cm³/mol. The van der Waals surface area contributed by atoms with Gasteiger partial charge in [-0.15, -0.1) is 0 Å². The van der Waals surface area contributed by atoms with Gasteiger partial charge in [-0.3, -0.25) is 4.98 Å². The molecule has 1 heterocycles. The minimum Gasteiger partial charge on any atom is -0.381 e. The van der Waals surface area contributed by atoms with Gasteiger partial charge in [-0.1, -0.05) is 6.07 Å². The SMILES string of the molecule is Cc1ccncc1CNc1cc(S(N)(=O)=O)ccc1C. The Morgan fingerprint density at radius 1 is 1.20 bits per heavy atom. The van der Waals surface area contributed by atoms with E-state index < -0.39 is 10.0 Å². The Bertz CT molecular complexity index is 727. The molecule has 0 spiro atoms. The molecule has 5 nitrogen and oxygen atoms in total. The number of aromatic nitrogens is 1. The number of pyridine rings is 1. The van der Waals surface area contributed by atoms with Crippen LogP contribution >= 0.6 is 0 Å². The van der Waals surface area contributed by atoms with Gasteiger partial charge in [0, 0.05) is 24.6 Å². The molecule has 106 valence electrons. The minimum absolute atomic E-state index is 0.105. The molecule has 0 saturated heterocycles. The first-order chi connectivity index (χ1) is 9.38. The Hall–Kier alpha value is -1.92. The van der Waals surface area contributed by atoms with Crippen LogP contribution < -0.4 is 10.5 Å². The molecule has 0 atom stereocenters. The molecule has 20 heavy (non-hydrogen) atoms. The van der Waals surface area contributed by atoms with Gasteiger partial charge in [0.05, 0.1) is 4.90 Å². The van der Waals surface area contributed by atoms with Gasteiger partial charge in [0.2, 0.25) is 10.0 Å². The summed E-state index contributed by atoms with van der Waals surface area (Å²) in [5.41, 5.74) is 3.90. The number of benzene rings is 1. The van der Waals surface area contributed by atoms with Crippen molar-refractivity contribution in [3.05, 3.63) is 53.3 Å². The lowest BCUT2D eigenvalue weighted by molar-refractivity contribution is 0.598. The predicted octanol–water partition coefficient (Wildman–Crippen LogP) is 1.96. The Kier molecular flexibility index (Phi) is 4.06. The molecular formula is C14H17N3O2S. The van der Waals surface area contributed by atoms with Crippen LogP contribution in [0.25, 0.3) is 0 Å². The summed E-state index contributed by atoms with van der Waals surface area (Å²) in [5.74, 6) is 0. The van der Waals surface area contributed by atoms with Crippen molar-refractivity contribution in [2.45, 2.75) is 25.3 Å². The van der Waals surface area contributed by atoms with E-state index in [4.69, 9.17) is 5.14 Å². The Balaban J connectivity index is 2.24. The largest absolute Gasteiger partial charge is 0.381 e. The highest BCUT2D eigenvalue weighted by molar-refractivity contribution is 7.89. The van der Waals surface area contributed by atoms with Crippen molar-refractivity contribution >= 4 is 15.7 Å². The van der Waals surface area contributed by atoms with Crippen molar-refractivity contribution < 1.29 is 8.42 Å². The topological polar surface area (TPSA) is 85.1 Å². The van der Waals surface area contributed by atoms with Gasteiger partial charge < -0.3 is 5.32 Å².